The second kappa shape index (κ2) is 5.63. The van der Waals surface area contributed by atoms with Crippen LogP contribution >= 0.6 is 0 Å². The molecular formula is C15H20N4O. The zero-order chi connectivity index (χ0) is 13.9. The van der Waals surface area contributed by atoms with E-state index in [2.05, 4.69) is 22.7 Å². The van der Waals surface area contributed by atoms with Gasteiger partial charge >= 0.3 is 0 Å². The Balaban J connectivity index is 1.62. The number of fused-ring (bicyclic) bond motifs is 1. The summed E-state index contributed by atoms with van der Waals surface area (Å²) in [4.78, 5) is 12.2. The molecule has 0 aromatic carbocycles. The average Bonchev–Trinajstić information content (AvgIpc) is 2.90. The molecule has 1 saturated heterocycles. The Morgan fingerprint density at radius 3 is 3.20 bits per heavy atom. The number of carbonyl (C=O) groups excluding carboxylic acids is 1. The van der Waals surface area contributed by atoms with Crippen LogP contribution in [0.1, 0.15) is 30.1 Å². The molecule has 0 bridgehead atoms. The summed E-state index contributed by atoms with van der Waals surface area (Å²) in [6.07, 6.45) is 5.82. The Bertz CT molecular complexity index is 599. The number of pyridine rings is 1. The molecule has 5 nitrogen and oxygen atoms in total. The first-order chi connectivity index (χ1) is 9.74. The summed E-state index contributed by atoms with van der Waals surface area (Å²) in [6.45, 7) is 3.91. The van der Waals surface area contributed by atoms with Gasteiger partial charge in [-0.2, -0.15) is 5.10 Å². The number of nitrogens with zero attached hydrogens (tertiary/aromatic N) is 2. The highest BCUT2D eigenvalue weighted by Crippen LogP contribution is 2.14. The lowest BCUT2D eigenvalue weighted by atomic mass is 9.95. The first-order valence-corrected chi connectivity index (χ1v) is 7.18. The van der Waals surface area contributed by atoms with E-state index in [1.807, 2.05) is 24.4 Å². The van der Waals surface area contributed by atoms with Gasteiger partial charge < -0.3 is 10.6 Å². The molecule has 1 aliphatic rings. The van der Waals surface area contributed by atoms with E-state index >= 15 is 0 Å². The fourth-order valence-electron chi connectivity index (χ4n) is 2.67. The Hall–Kier alpha value is -1.88. The standard InChI is InChI=1S/C15H20N4O/c1-11-5-6-12(8-16-11)9-17-15(20)13-10-18-19-7-3-2-4-14(13)19/h2-4,7,10-12,16H,5-6,8-9H2,1H3,(H,17,20). The summed E-state index contributed by atoms with van der Waals surface area (Å²) in [5.74, 6) is 0.488. The highest BCUT2D eigenvalue weighted by Gasteiger charge is 2.19. The van der Waals surface area contributed by atoms with Gasteiger partial charge in [0.1, 0.15) is 0 Å². The molecule has 3 heterocycles. The lowest BCUT2D eigenvalue weighted by Gasteiger charge is -2.27. The molecule has 0 aliphatic carbocycles. The van der Waals surface area contributed by atoms with Crippen molar-refractivity contribution < 1.29 is 4.79 Å². The molecule has 5 heteroatoms. The van der Waals surface area contributed by atoms with Crippen molar-refractivity contribution in [3.63, 3.8) is 0 Å². The van der Waals surface area contributed by atoms with Crippen molar-refractivity contribution >= 4 is 11.4 Å². The number of hydrogen-bond acceptors (Lipinski definition) is 3. The van der Waals surface area contributed by atoms with Crippen molar-refractivity contribution in [2.24, 2.45) is 5.92 Å². The van der Waals surface area contributed by atoms with Gasteiger partial charge in [-0.25, -0.2) is 4.52 Å². The van der Waals surface area contributed by atoms with Crippen molar-refractivity contribution in [2.75, 3.05) is 13.1 Å². The second-order valence-electron chi connectivity index (χ2n) is 5.55. The topological polar surface area (TPSA) is 58.4 Å². The molecule has 0 spiro atoms. The van der Waals surface area contributed by atoms with E-state index in [0.29, 0.717) is 17.5 Å². The first-order valence-electron chi connectivity index (χ1n) is 7.18. The quantitative estimate of drug-likeness (QED) is 0.889. The number of carbonyl (C=O) groups is 1. The molecule has 2 atom stereocenters. The Labute approximate surface area is 118 Å². The van der Waals surface area contributed by atoms with Crippen molar-refractivity contribution in [1.29, 1.82) is 0 Å². The van der Waals surface area contributed by atoms with Crippen molar-refractivity contribution in [1.82, 2.24) is 20.2 Å². The van der Waals surface area contributed by atoms with Gasteiger partial charge in [-0.05, 0) is 44.4 Å². The number of hydrogen-bond donors (Lipinski definition) is 2. The predicted octanol–water partition coefficient (Wildman–Crippen LogP) is 1.45. The molecular weight excluding hydrogens is 252 g/mol. The fraction of sp³-hybridized carbons (Fsp3) is 0.467. The Kier molecular flexibility index (Phi) is 3.69. The monoisotopic (exact) mass is 272 g/mol. The molecule has 3 rings (SSSR count). The highest BCUT2D eigenvalue weighted by molar-refractivity contribution is 6.00. The minimum atomic E-state index is -0.0372. The third kappa shape index (κ3) is 2.67. The highest BCUT2D eigenvalue weighted by atomic mass is 16.1. The molecule has 20 heavy (non-hydrogen) atoms. The third-order valence-electron chi connectivity index (χ3n) is 3.99. The van der Waals surface area contributed by atoms with Crippen molar-refractivity contribution in [3.8, 4) is 0 Å². The van der Waals surface area contributed by atoms with E-state index in [0.717, 1.165) is 18.6 Å². The molecule has 1 aliphatic heterocycles. The zero-order valence-electron chi connectivity index (χ0n) is 11.7. The maximum atomic E-state index is 12.2. The van der Waals surface area contributed by atoms with Crippen molar-refractivity contribution in [3.05, 3.63) is 36.2 Å². The van der Waals surface area contributed by atoms with Gasteiger partial charge in [0.15, 0.2) is 0 Å². The minimum absolute atomic E-state index is 0.0372. The average molecular weight is 272 g/mol. The maximum absolute atomic E-state index is 12.2. The third-order valence-corrected chi connectivity index (χ3v) is 3.99. The van der Waals surface area contributed by atoms with Crippen LogP contribution in [-0.2, 0) is 0 Å². The van der Waals surface area contributed by atoms with Gasteiger partial charge in [0, 0.05) is 18.8 Å². The van der Waals surface area contributed by atoms with Gasteiger partial charge in [-0.1, -0.05) is 6.07 Å². The zero-order valence-corrected chi connectivity index (χ0v) is 11.7. The second-order valence-corrected chi connectivity index (χ2v) is 5.55. The SMILES string of the molecule is CC1CCC(CNC(=O)c2cnn3ccccc23)CN1. The van der Waals surface area contributed by atoms with Crippen LogP contribution in [-0.4, -0.2) is 34.7 Å². The summed E-state index contributed by atoms with van der Waals surface area (Å²) in [5, 5.41) is 10.7. The van der Waals surface area contributed by atoms with Crippen LogP contribution in [0.2, 0.25) is 0 Å². The smallest absolute Gasteiger partial charge is 0.255 e. The van der Waals surface area contributed by atoms with Crippen LogP contribution in [0.3, 0.4) is 0 Å². The van der Waals surface area contributed by atoms with E-state index < -0.39 is 0 Å². The van der Waals surface area contributed by atoms with Crippen LogP contribution in [0.4, 0.5) is 0 Å². The summed E-state index contributed by atoms with van der Waals surface area (Å²) >= 11 is 0. The fourth-order valence-corrected chi connectivity index (χ4v) is 2.67. The Morgan fingerprint density at radius 1 is 1.50 bits per heavy atom. The van der Waals surface area contributed by atoms with Gasteiger partial charge in [-0.15, -0.1) is 0 Å². The van der Waals surface area contributed by atoms with E-state index in [-0.39, 0.29) is 5.91 Å². The number of piperidine rings is 1. The molecule has 1 fully saturated rings. The van der Waals surface area contributed by atoms with E-state index in [9.17, 15) is 4.79 Å². The van der Waals surface area contributed by atoms with Crippen LogP contribution in [0.25, 0.3) is 5.52 Å². The van der Waals surface area contributed by atoms with E-state index in [1.54, 1.807) is 10.7 Å². The lowest BCUT2D eigenvalue weighted by molar-refractivity contribution is 0.0945. The normalized spacial score (nSPS) is 22.9. The number of amides is 1. The number of nitrogens with one attached hydrogen (secondary N) is 2. The van der Waals surface area contributed by atoms with Crippen LogP contribution in [0.15, 0.2) is 30.6 Å². The number of rotatable bonds is 3. The van der Waals surface area contributed by atoms with Crippen LogP contribution in [0.5, 0.6) is 0 Å². The molecule has 1 amide bonds. The van der Waals surface area contributed by atoms with Gasteiger partial charge in [0.25, 0.3) is 5.91 Å². The molecule has 2 aromatic heterocycles. The minimum Gasteiger partial charge on any atom is -0.352 e. The molecule has 106 valence electrons. The van der Waals surface area contributed by atoms with Gasteiger partial charge in [-0.3, -0.25) is 4.79 Å². The summed E-state index contributed by atoms with van der Waals surface area (Å²) < 4.78 is 1.72. The lowest BCUT2D eigenvalue weighted by Crippen LogP contribution is -2.41. The molecule has 2 aromatic rings. The van der Waals surface area contributed by atoms with Crippen LogP contribution < -0.4 is 10.6 Å². The molecule has 0 radical (unpaired) electrons. The predicted molar refractivity (Wildman–Crippen MR) is 77.7 cm³/mol. The van der Waals surface area contributed by atoms with Gasteiger partial charge in [0.05, 0.1) is 17.3 Å². The van der Waals surface area contributed by atoms with E-state index in [1.165, 1.54) is 12.8 Å². The van der Waals surface area contributed by atoms with E-state index in [4.69, 9.17) is 0 Å². The Morgan fingerprint density at radius 2 is 2.40 bits per heavy atom. The first kappa shape index (κ1) is 13.1. The molecule has 0 saturated carbocycles. The summed E-state index contributed by atoms with van der Waals surface area (Å²) in [6, 6.07) is 6.32. The van der Waals surface area contributed by atoms with Crippen molar-refractivity contribution in [2.45, 2.75) is 25.8 Å². The number of aromatic nitrogens is 2. The molecule has 2 N–H and O–H groups in total. The largest absolute Gasteiger partial charge is 0.352 e. The summed E-state index contributed by atoms with van der Waals surface area (Å²) in [5.41, 5.74) is 1.49. The maximum Gasteiger partial charge on any atom is 0.255 e. The summed E-state index contributed by atoms with van der Waals surface area (Å²) in [7, 11) is 0. The van der Waals surface area contributed by atoms with Gasteiger partial charge in [0.2, 0.25) is 0 Å². The molecule has 2 unspecified atom stereocenters. The van der Waals surface area contributed by atoms with Crippen LogP contribution in [0, 0.1) is 5.92 Å².